The summed E-state index contributed by atoms with van der Waals surface area (Å²) in [4.78, 5) is 30.1. The van der Waals surface area contributed by atoms with Gasteiger partial charge in [-0.1, -0.05) is 0 Å². The highest BCUT2D eigenvalue weighted by atomic mass is 32.2. The molecule has 0 aliphatic rings. The highest BCUT2D eigenvalue weighted by Crippen LogP contribution is 2.33. The van der Waals surface area contributed by atoms with Crippen LogP contribution >= 0.6 is 23.1 Å². The molecule has 4 rings (SSSR count). The summed E-state index contributed by atoms with van der Waals surface area (Å²) in [5.41, 5.74) is 0.563. The number of nitrogens with zero attached hydrogens (tertiary/aromatic N) is 5. The smallest absolute Gasteiger partial charge is 0.275 e. The number of thiazole rings is 1. The summed E-state index contributed by atoms with van der Waals surface area (Å²) < 4.78 is 15.6. The molecule has 28 heavy (non-hydrogen) atoms. The number of amides is 1. The van der Waals surface area contributed by atoms with Crippen molar-refractivity contribution in [3.8, 4) is 10.8 Å². The lowest BCUT2D eigenvalue weighted by Crippen LogP contribution is -2.13. The first-order valence-electron chi connectivity index (χ1n) is 8.09. The maximum atomic E-state index is 13.8. The zero-order valence-corrected chi connectivity index (χ0v) is 16.2. The fourth-order valence-electron chi connectivity index (χ4n) is 2.31. The van der Waals surface area contributed by atoms with Crippen LogP contribution in [0, 0.1) is 5.82 Å². The Balaban J connectivity index is 1.57. The molecule has 0 saturated carbocycles. The first-order chi connectivity index (χ1) is 13.6. The fraction of sp³-hybridized carbons (Fsp3) is 0.0556. The summed E-state index contributed by atoms with van der Waals surface area (Å²) in [6.07, 6.45) is 6.70. The third-order valence-corrected chi connectivity index (χ3v) is 5.65. The van der Waals surface area contributed by atoms with E-state index in [4.69, 9.17) is 0 Å². The third-order valence-electron chi connectivity index (χ3n) is 3.66. The zero-order valence-electron chi connectivity index (χ0n) is 14.5. The molecule has 0 radical (unpaired) electrons. The number of carbonyl (C=O) groups excluding carboxylic acids is 1. The van der Waals surface area contributed by atoms with Crippen LogP contribution in [0.15, 0.2) is 64.5 Å². The van der Waals surface area contributed by atoms with Gasteiger partial charge >= 0.3 is 0 Å². The maximum absolute atomic E-state index is 13.8. The Morgan fingerprint density at radius 3 is 2.79 bits per heavy atom. The van der Waals surface area contributed by atoms with Gasteiger partial charge in [0.25, 0.3) is 5.91 Å². The molecule has 1 N–H and O–H groups in total. The van der Waals surface area contributed by atoms with Gasteiger partial charge in [-0.2, -0.15) is 0 Å². The Kier molecular flexibility index (Phi) is 5.13. The highest BCUT2D eigenvalue weighted by molar-refractivity contribution is 7.99. The number of anilines is 1. The molecule has 3 aromatic heterocycles. The number of hydrogen-bond donors (Lipinski definition) is 1. The van der Waals surface area contributed by atoms with Crippen molar-refractivity contribution < 1.29 is 9.18 Å². The molecule has 0 saturated heterocycles. The van der Waals surface area contributed by atoms with Gasteiger partial charge in [0, 0.05) is 42.1 Å². The Morgan fingerprint density at radius 1 is 1.21 bits per heavy atom. The SMILES string of the molecule is Cn1ccnc1Sc1ccc(F)cc1NC(=O)c1csc(-c2ncccn2)n1. The van der Waals surface area contributed by atoms with Crippen molar-refractivity contribution in [1.82, 2.24) is 24.5 Å². The van der Waals surface area contributed by atoms with Crippen LogP contribution in [-0.4, -0.2) is 30.4 Å². The fourth-order valence-corrected chi connectivity index (χ4v) is 3.93. The normalized spacial score (nSPS) is 10.8. The van der Waals surface area contributed by atoms with Crippen LogP contribution in [0.4, 0.5) is 10.1 Å². The minimum Gasteiger partial charge on any atom is -0.329 e. The van der Waals surface area contributed by atoms with Crippen molar-refractivity contribution in [1.29, 1.82) is 0 Å². The molecule has 1 aromatic carbocycles. The Labute approximate surface area is 167 Å². The molecule has 7 nitrogen and oxygen atoms in total. The predicted octanol–water partition coefficient (Wildman–Crippen LogP) is 3.88. The molecule has 0 atom stereocenters. The number of carbonyl (C=O) groups is 1. The number of hydrogen-bond acceptors (Lipinski definition) is 7. The summed E-state index contributed by atoms with van der Waals surface area (Å²) in [5.74, 6) is -0.440. The van der Waals surface area contributed by atoms with Crippen molar-refractivity contribution >= 4 is 34.7 Å². The highest BCUT2D eigenvalue weighted by Gasteiger charge is 2.16. The van der Waals surface area contributed by atoms with Gasteiger partial charge in [0.15, 0.2) is 16.0 Å². The lowest BCUT2D eigenvalue weighted by atomic mass is 10.3. The second kappa shape index (κ2) is 7.87. The van der Waals surface area contributed by atoms with E-state index in [9.17, 15) is 9.18 Å². The van der Waals surface area contributed by atoms with Gasteiger partial charge in [-0.15, -0.1) is 11.3 Å². The number of rotatable bonds is 5. The lowest BCUT2D eigenvalue weighted by Gasteiger charge is -2.10. The predicted molar refractivity (Wildman–Crippen MR) is 105 cm³/mol. The molecular formula is C18H13FN6OS2. The number of aryl methyl sites for hydroxylation is 1. The molecule has 0 aliphatic carbocycles. The van der Waals surface area contributed by atoms with E-state index in [0.29, 0.717) is 21.4 Å². The minimum atomic E-state index is -0.448. The van der Waals surface area contributed by atoms with Gasteiger partial charge in [-0.05, 0) is 36.0 Å². The van der Waals surface area contributed by atoms with Crippen molar-refractivity contribution in [3.05, 3.63) is 65.9 Å². The molecule has 0 bridgehead atoms. The standard InChI is InChI=1S/C18H13FN6OS2/c1-25-8-7-22-18(25)28-14-4-3-11(19)9-12(14)23-16(26)13-10-27-17(24-13)15-20-5-2-6-21-15/h2-10H,1H3,(H,23,26). The third kappa shape index (κ3) is 3.92. The quantitative estimate of drug-likeness (QED) is 0.535. The zero-order chi connectivity index (χ0) is 19.5. The van der Waals surface area contributed by atoms with Crippen LogP contribution in [0.5, 0.6) is 0 Å². The topological polar surface area (TPSA) is 85.6 Å². The molecule has 4 aromatic rings. The number of benzene rings is 1. The molecule has 1 amide bonds. The molecule has 0 spiro atoms. The summed E-state index contributed by atoms with van der Waals surface area (Å²) in [7, 11) is 1.86. The summed E-state index contributed by atoms with van der Waals surface area (Å²) in [6, 6.07) is 5.93. The molecule has 0 unspecified atom stereocenters. The van der Waals surface area contributed by atoms with Crippen molar-refractivity contribution in [2.45, 2.75) is 10.1 Å². The van der Waals surface area contributed by atoms with Crippen LogP contribution in [0.3, 0.4) is 0 Å². The van der Waals surface area contributed by atoms with E-state index in [0.717, 1.165) is 5.16 Å². The Bertz CT molecular complexity index is 1130. The van der Waals surface area contributed by atoms with Gasteiger partial charge < -0.3 is 9.88 Å². The number of imidazole rings is 1. The van der Waals surface area contributed by atoms with Crippen LogP contribution < -0.4 is 5.32 Å². The summed E-state index contributed by atoms with van der Waals surface area (Å²) in [6.45, 7) is 0. The van der Waals surface area contributed by atoms with Crippen LogP contribution in [0.1, 0.15) is 10.5 Å². The molecule has 0 aliphatic heterocycles. The van der Waals surface area contributed by atoms with Crippen molar-refractivity contribution in [2.24, 2.45) is 7.05 Å². The summed E-state index contributed by atoms with van der Waals surface area (Å²) in [5, 5.41) is 5.60. The van der Waals surface area contributed by atoms with Crippen LogP contribution in [0.25, 0.3) is 10.8 Å². The van der Waals surface area contributed by atoms with Gasteiger partial charge in [0.1, 0.15) is 11.5 Å². The molecular weight excluding hydrogens is 399 g/mol. The molecule has 0 fully saturated rings. The second-order valence-corrected chi connectivity index (χ2v) is 7.49. The van der Waals surface area contributed by atoms with Gasteiger partial charge in [-0.3, -0.25) is 4.79 Å². The minimum absolute atomic E-state index is 0.213. The van der Waals surface area contributed by atoms with Crippen molar-refractivity contribution in [3.63, 3.8) is 0 Å². The van der Waals surface area contributed by atoms with Gasteiger partial charge in [-0.25, -0.2) is 24.3 Å². The lowest BCUT2D eigenvalue weighted by molar-refractivity contribution is 0.102. The average Bonchev–Trinajstić information content (AvgIpc) is 3.34. The second-order valence-electron chi connectivity index (χ2n) is 5.63. The van der Waals surface area contributed by atoms with E-state index in [1.807, 2.05) is 17.8 Å². The maximum Gasteiger partial charge on any atom is 0.275 e. The van der Waals surface area contributed by atoms with Crippen LogP contribution in [-0.2, 0) is 7.05 Å². The van der Waals surface area contributed by atoms with Crippen LogP contribution in [0.2, 0.25) is 0 Å². The summed E-state index contributed by atoms with van der Waals surface area (Å²) >= 11 is 2.59. The first-order valence-corrected chi connectivity index (χ1v) is 9.79. The van der Waals surface area contributed by atoms with E-state index in [1.165, 1.54) is 35.2 Å². The van der Waals surface area contributed by atoms with E-state index in [2.05, 4.69) is 25.3 Å². The van der Waals surface area contributed by atoms with E-state index in [1.54, 1.807) is 36.1 Å². The van der Waals surface area contributed by atoms with E-state index < -0.39 is 11.7 Å². The molecule has 10 heteroatoms. The Morgan fingerprint density at radius 2 is 2.04 bits per heavy atom. The van der Waals surface area contributed by atoms with Crippen molar-refractivity contribution in [2.75, 3.05) is 5.32 Å². The molecule has 140 valence electrons. The number of aromatic nitrogens is 5. The first kappa shape index (κ1) is 18.3. The largest absolute Gasteiger partial charge is 0.329 e. The average molecular weight is 412 g/mol. The van der Waals surface area contributed by atoms with E-state index in [-0.39, 0.29) is 5.69 Å². The van der Waals surface area contributed by atoms with E-state index >= 15 is 0 Å². The Hall–Kier alpha value is -3.11. The van der Waals surface area contributed by atoms with Gasteiger partial charge in [0.2, 0.25) is 0 Å². The monoisotopic (exact) mass is 412 g/mol. The molecule has 3 heterocycles. The van der Waals surface area contributed by atoms with Gasteiger partial charge in [0.05, 0.1) is 5.69 Å². The number of nitrogens with one attached hydrogen (secondary N) is 1. The number of halogens is 1.